The van der Waals surface area contributed by atoms with Gasteiger partial charge in [-0.05, 0) is 48.8 Å². The lowest BCUT2D eigenvalue weighted by Gasteiger charge is -2.39. The molecule has 4 nitrogen and oxygen atoms in total. The van der Waals surface area contributed by atoms with Crippen LogP contribution in [0.4, 0.5) is 0 Å². The van der Waals surface area contributed by atoms with E-state index >= 15 is 0 Å². The van der Waals surface area contributed by atoms with Gasteiger partial charge in [0.25, 0.3) is 5.56 Å². The lowest BCUT2D eigenvalue weighted by molar-refractivity contribution is -0.0849. The smallest absolute Gasteiger partial charge is 0.264 e. The van der Waals surface area contributed by atoms with Crippen molar-refractivity contribution in [1.29, 1.82) is 0 Å². The average Bonchev–Trinajstić information content (AvgIpc) is 2.13. The van der Waals surface area contributed by atoms with E-state index in [1.165, 1.54) is 0 Å². The van der Waals surface area contributed by atoms with Crippen LogP contribution in [0.5, 0.6) is 0 Å². The Kier molecular flexibility index (Phi) is 2.85. The Morgan fingerprint density at radius 1 is 1.53 bits per heavy atom. The third kappa shape index (κ3) is 1.71. The van der Waals surface area contributed by atoms with E-state index in [0.29, 0.717) is 9.39 Å². The van der Waals surface area contributed by atoms with E-state index in [9.17, 15) is 4.79 Å². The lowest BCUT2D eigenvalue weighted by atomic mass is 9.79. The molecule has 0 aliphatic heterocycles. The molecule has 1 heterocycles. The molecule has 1 fully saturated rings. The van der Waals surface area contributed by atoms with Crippen LogP contribution in [0.1, 0.15) is 30.8 Å². The summed E-state index contributed by atoms with van der Waals surface area (Å²) in [6, 6.07) is 0. The number of methoxy groups -OCH3 is 1. The molecule has 0 spiro atoms. The van der Waals surface area contributed by atoms with Crippen molar-refractivity contribution in [2.45, 2.75) is 31.8 Å². The number of hydrogen-bond donors (Lipinski definition) is 1. The van der Waals surface area contributed by atoms with Crippen molar-refractivity contribution >= 4 is 22.6 Å². The molecule has 1 saturated carbocycles. The van der Waals surface area contributed by atoms with Crippen molar-refractivity contribution in [2.75, 3.05) is 7.11 Å². The second-order valence-corrected chi connectivity index (χ2v) is 4.94. The maximum absolute atomic E-state index is 11.6. The topological polar surface area (TPSA) is 55.0 Å². The first kappa shape index (κ1) is 11.1. The van der Waals surface area contributed by atoms with Crippen LogP contribution in [-0.4, -0.2) is 17.1 Å². The van der Waals surface area contributed by atoms with Gasteiger partial charge in [-0.15, -0.1) is 0 Å². The highest BCUT2D eigenvalue weighted by Crippen LogP contribution is 2.42. The van der Waals surface area contributed by atoms with Gasteiger partial charge in [0.1, 0.15) is 11.4 Å². The minimum Gasteiger partial charge on any atom is -0.370 e. The average molecular weight is 320 g/mol. The van der Waals surface area contributed by atoms with E-state index < -0.39 is 0 Å². The SMILES string of the molecule is COC1(c2nc(C)c(I)c(=O)[nH]2)CCC1. The van der Waals surface area contributed by atoms with Crippen molar-refractivity contribution in [3.05, 3.63) is 25.4 Å². The van der Waals surface area contributed by atoms with Crippen LogP contribution in [0.2, 0.25) is 0 Å². The summed E-state index contributed by atoms with van der Waals surface area (Å²) in [5.74, 6) is 0.680. The largest absolute Gasteiger partial charge is 0.370 e. The Labute approximate surface area is 102 Å². The molecule has 2 rings (SSSR count). The fraction of sp³-hybridized carbons (Fsp3) is 0.600. The molecule has 0 saturated heterocycles. The minimum atomic E-state index is -0.339. The molecule has 1 aliphatic carbocycles. The van der Waals surface area contributed by atoms with Gasteiger partial charge in [0.15, 0.2) is 0 Å². The highest BCUT2D eigenvalue weighted by molar-refractivity contribution is 14.1. The Morgan fingerprint density at radius 3 is 2.60 bits per heavy atom. The quantitative estimate of drug-likeness (QED) is 0.844. The Morgan fingerprint density at radius 2 is 2.20 bits per heavy atom. The molecule has 0 aromatic carbocycles. The van der Waals surface area contributed by atoms with Crippen LogP contribution in [0.25, 0.3) is 0 Å². The molecular formula is C10H13IN2O2. The summed E-state index contributed by atoms with van der Waals surface area (Å²) in [7, 11) is 1.67. The summed E-state index contributed by atoms with van der Waals surface area (Å²) in [5, 5.41) is 0. The van der Waals surface area contributed by atoms with Crippen molar-refractivity contribution in [1.82, 2.24) is 9.97 Å². The van der Waals surface area contributed by atoms with Crippen LogP contribution in [0, 0.1) is 10.5 Å². The first-order valence-corrected chi connectivity index (χ1v) is 5.99. The maximum Gasteiger partial charge on any atom is 0.264 e. The van der Waals surface area contributed by atoms with Gasteiger partial charge in [0.2, 0.25) is 0 Å². The fourth-order valence-electron chi connectivity index (χ4n) is 1.82. The summed E-state index contributed by atoms with van der Waals surface area (Å²) in [5.41, 5.74) is 0.368. The Balaban J connectivity index is 2.49. The number of aromatic amines is 1. The van der Waals surface area contributed by atoms with E-state index in [2.05, 4.69) is 9.97 Å². The van der Waals surface area contributed by atoms with E-state index in [1.54, 1.807) is 7.11 Å². The van der Waals surface area contributed by atoms with Crippen LogP contribution < -0.4 is 5.56 Å². The monoisotopic (exact) mass is 320 g/mol. The molecule has 5 heteroatoms. The van der Waals surface area contributed by atoms with E-state index in [0.717, 1.165) is 25.0 Å². The predicted molar refractivity (Wildman–Crippen MR) is 64.8 cm³/mol. The summed E-state index contributed by atoms with van der Waals surface area (Å²) in [4.78, 5) is 18.8. The molecule has 0 radical (unpaired) electrons. The maximum atomic E-state index is 11.6. The van der Waals surface area contributed by atoms with Gasteiger partial charge in [-0.2, -0.15) is 0 Å². The molecule has 1 N–H and O–H groups in total. The number of aromatic nitrogens is 2. The summed E-state index contributed by atoms with van der Waals surface area (Å²) < 4.78 is 6.13. The number of aryl methyl sites for hydroxylation is 1. The molecule has 1 aliphatic rings. The van der Waals surface area contributed by atoms with Crippen LogP contribution in [0.3, 0.4) is 0 Å². The van der Waals surface area contributed by atoms with Crippen LogP contribution in [0.15, 0.2) is 4.79 Å². The minimum absolute atomic E-state index is 0.0681. The van der Waals surface area contributed by atoms with Crippen molar-refractivity contribution in [3.63, 3.8) is 0 Å². The zero-order valence-electron chi connectivity index (χ0n) is 8.76. The molecule has 0 amide bonds. The van der Waals surface area contributed by atoms with E-state index in [-0.39, 0.29) is 11.2 Å². The third-order valence-corrected chi connectivity index (χ3v) is 4.28. The summed E-state index contributed by atoms with van der Waals surface area (Å²) in [6.07, 6.45) is 3.00. The van der Waals surface area contributed by atoms with Crippen molar-refractivity contribution in [3.8, 4) is 0 Å². The van der Waals surface area contributed by atoms with Gasteiger partial charge < -0.3 is 9.72 Å². The van der Waals surface area contributed by atoms with Crippen molar-refractivity contribution in [2.24, 2.45) is 0 Å². The number of H-pyrrole nitrogens is 1. The second-order valence-electron chi connectivity index (χ2n) is 3.87. The van der Waals surface area contributed by atoms with Gasteiger partial charge >= 0.3 is 0 Å². The molecule has 1 aromatic heterocycles. The number of halogens is 1. The Hall–Kier alpha value is -0.430. The molecule has 0 unspecified atom stereocenters. The van der Waals surface area contributed by atoms with E-state index in [4.69, 9.17) is 4.74 Å². The third-order valence-electron chi connectivity index (χ3n) is 3.01. The molecule has 1 aromatic rings. The van der Waals surface area contributed by atoms with Gasteiger partial charge in [-0.1, -0.05) is 0 Å². The first-order valence-electron chi connectivity index (χ1n) is 4.91. The molecule has 0 atom stereocenters. The van der Waals surface area contributed by atoms with Gasteiger partial charge in [-0.3, -0.25) is 4.79 Å². The highest BCUT2D eigenvalue weighted by atomic mass is 127. The summed E-state index contributed by atoms with van der Waals surface area (Å²) >= 11 is 2.01. The number of nitrogens with one attached hydrogen (secondary N) is 1. The van der Waals surface area contributed by atoms with Crippen molar-refractivity contribution < 1.29 is 4.74 Å². The standard InChI is InChI=1S/C10H13IN2O2/c1-6-7(11)8(14)13-9(12-6)10(15-2)4-3-5-10/h3-5H2,1-2H3,(H,12,13,14). The lowest BCUT2D eigenvalue weighted by Crippen LogP contribution is -2.40. The molecule has 82 valence electrons. The van der Waals surface area contributed by atoms with Gasteiger partial charge in [-0.25, -0.2) is 4.98 Å². The zero-order chi connectivity index (χ0) is 11.1. The number of nitrogens with zero attached hydrogens (tertiary/aromatic N) is 1. The number of hydrogen-bond acceptors (Lipinski definition) is 3. The zero-order valence-corrected chi connectivity index (χ0v) is 10.9. The predicted octanol–water partition coefficient (Wildman–Crippen LogP) is 1.71. The van der Waals surface area contributed by atoms with E-state index in [1.807, 2.05) is 29.5 Å². The number of rotatable bonds is 2. The molecule has 0 bridgehead atoms. The first-order chi connectivity index (χ1) is 7.09. The van der Waals surface area contributed by atoms with Gasteiger partial charge in [0, 0.05) is 7.11 Å². The second kappa shape index (κ2) is 3.86. The molecule has 15 heavy (non-hydrogen) atoms. The highest BCUT2D eigenvalue weighted by Gasteiger charge is 2.41. The normalized spacial score (nSPS) is 18.6. The number of ether oxygens (including phenoxy) is 1. The summed E-state index contributed by atoms with van der Waals surface area (Å²) in [6.45, 7) is 1.85. The van der Waals surface area contributed by atoms with Gasteiger partial charge in [0.05, 0.1) is 9.26 Å². The fourth-order valence-corrected chi connectivity index (χ4v) is 2.08. The molecular weight excluding hydrogens is 307 g/mol. The Bertz CT molecular complexity index is 432. The van der Waals surface area contributed by atoms with Crippen LogP contribution in [-0.2, 0) is 10.3 Å². The van der Waals surface area contributed by atoms with Crippen LogP contribution >= 0.6 is 22.6 Å².